The number of carbonyl (C=O) groups is 1. The van der Waals surface area contributed by atoms with E-state index in [0.29, 0.717) is 37.1 Å². The molecule has 4 aromatic rings. The SMILES string of the molecule is O=C(N1CCC(O)(Cn2cnc3c(cnn3-c3ccccc3)c2=O)C2(CCCC2)C1)N1CCNC[C@H]1c1ccccc1. The van der Waals surface area contributed by atoms with Crippen molar-refractivity contribution in [3.8, 4) is 5.69 Å². The lowest BCUT2D eigenvalue weighted by molar-refractivity contribution is -0.136. The van der Waals surface area contributed by atoms with Gasteiger partial charge in [-0.3, -0.25) is 9.36 Å². The molecule has 2 amide bonds. The first-order valence-corrected chi connectivity index (χ1v) is 15.0. The quantitative estimate of drug-likeness (QED) is 0.392. The standard InChI is InChI=1S/C32H37N7O3/c40-29-26-19-35-39(25-11-5-2-6-12-25)28(26)34-23-37(29)22-32(42)15-17-36(21-31(32)13-7-8-14-31)30(41)38-18-16-33-20-27(38)24-9-3-1-4-10-24/h1-6,9-12,19,23,27,33,42H,7-8,13-18,20-22H2/t27-,32?/m0/s1. The van der Waals surface area contributed by atoms with Gasteiger partial charge in [0.2, 0.25) is 0 Å². The molecule has 7 rings (SSSR count). The molecule has 1 saturated carbocycles. The van der Waals surface area contributed by atoms with Gasteiger partial charge in [-0.05, 0) is 37.0 Å². The lowest BCUT2D eigenvalue weighted by atomic mass is 9.66. The molecular weight excluding hydrogens is 530 g/mol. The Morgan fingerprint density at radius 3 is 2.50 bits per heavy atom. The van der Waals surface area contributed by atoms with E-state index in [9.17, 15) is 14.7 Å². The lowest BCUT2D eigenvalue weighted by Gasteiger charge is -2.53. The van der Waals surface area contributed by atoms with Crippen LogP contribution < -0.4 is 10.9 Å². The molecule has 1 spiro atoms. The van der Waals surface area contributed by atoms with Gasteiger partial charge in [-0.25, -0.2) is 14.5 Å². The third-order valence-electron chi connectivity index (χ3n) is 9.77. The number of urea groups is 1. The van der Waals surface area contributed by atoms with Crippen molar-refractivity contribution in [3.63, 3.8) is 0 Å². The molecule has 2 atom stereocenters. The Hall–Kier alpha value is -4.02. The van der Waals surface area contributed by atoms with E-state index in [2.05, 4.69) is 27.5 Å². The maximum atomic E-state index is 14.0. The number of hydrogen-bond donors (Lipinski definition) is 2. The number of piperidine rings is 1. The van der Waals surface area contributed by atoms with Crippen LogP contribution in [-0.2, 0) is 6.54 Å². The van der Waals surface area contributed by atoms with Crippen molar-refractivity contribution < 1.29 is 9.90 Å². The summed E-state index contributed by atoms with van der Waals surface area (Å²) in [5, 5.41) is 20.6. The number of piperazine rings is 1. The summed E-state index contributed by atoms with van der Waals surface area (Å²) in [7, 11) is 0. The smallest absolute Gasteiger partial charge is 0.320 e. The molecule has 1 aliphatic carbocycles. The van der Waals surface area contributed by atoms with Crippen LogP contribution >= 0.6 is 0 Å². The van der Waals surface area contributed by atoms with E-state index in [-0.39, 0.29) is 24.2 Å². The molecule has 0 radical (unpaired) electrons. The largest absolute Gasteiger partial charge is 0.387 e. The first-order chi connectivity index (χ1) is 20.5. The molecule has 3 fully saturated rings. The number of fused-ring (bicyclic) bond motifs is 1. The summed E-state index contributed by atoms with van der Waals surface area (Å²) in [5.41, 5.74) is 0.636. The molecule has 1 unspecified atom stereocenters. The van der Waals surface area contributed by atoms with E-state index >= 15 is 0 Å². The summed E-state index contributed by atoms with van der Waals surface area (Å²) in [5.74, 6) is 0. The fourth-order valence-electron chi connectivity index (χ4n) is 7.45. The second-order valence-electron chi connectivity index (χ2n) is 12.1. The van der Waals surface area contributed by atoms with Crippen LogP contribution in [0.4, 0.5) is 4.79 Å². The number of aromatic nitrogens is 4. The maximum Gasteiger partial charge on any atom is 0.320 e. The van der Waals surface area contributed by atoms with Crippen LogP contribution in [0.25, 0.3) is 16.7 Å². The maximum absolute atomic E-state index is 14.0. The molecule has 0 bridgehead atoms. The number of benzene rings is 2. The Balaban J connectivity index is 1.15. The fraction of sp³-hybridized carbons (Fsp3) is 0.438. The highest BCUT2D eigenvalue weighted by atomic mass is 16.3. The van der Waals surface area contributed by atoms with Crippen LogP contribution in [0, 0.1) is 5.41 Å². The van der Waals surface area contributed by atoms with Gasteiger partial charge in [-0.15, -0.1) is 0 Å². The minimum Gasteiger partial charge on any atom is -0.387 e. The number of likely N-dealkylation sites (tertiary alicyclic amines) is 1. The van der Waals surface area contributed by atoms with Crippen LogP contribution in [0.2, 0.25) is 0 Å². The number of amides is 2. The summed E-state index contributed by atoms with van der Waals surface area (Å²) in [6.07, 6.45) is 7.16. The van der Waals surface area contributed by atoms with Gasteiger partial charge in [-0.2, -0.15) is 5.10 Å². The van der Waals surface area contributed by atoms with Crippen molar-refractivity contribution in [2.24, 2.45) is 5.41 Å². The van der Waals surface area contributed by atoms with Gasteiger partial charge in [0.1, 0.15) is 11.7 Å². The van der Waals surface area contributed by atoms with Crippen molar-refractivity contribution in [3.05, 3.63) is 89.1 Å². The highest BCUT2D eigenvalue weighted by Crippen LogP contribution is 2.51. The van der Waals surface area contributed by atoms with Crippen molar-refractivity contribution in [2.45, 2.75) is 50.3 Å². The molecule has 10 heteroatoms. The average Bonchev–Trinajstić information content (AvgIpc) is 3.69. The molecule has 2 N–H and O–H groups in total. The van der Waals surface area contributed by atoms with E-state index in [1.165, 1.54) is 6.33 Å². The highest BCUT2D eigenvalue weighted by Gasteiger charge is 2.56. The van der Waals surface area contributed by atoms with Gasteiger partial charge in [0.25, 0.3) is 5.56 Å². The molecule has 3 aliphatic rings. The Morgan fingerprint density at radius 1 is 1.00 bits per heavy atom. The summed E-state index contributed by atoms with van der Waals surface area (Å²) < 4.78 is 3.20. The summed E-state index contributed by atoms with van der Waals surface area (Å²) in [6.45, 7) is 3.20. The molecule has 218 valence electrons. The Labute approximate surface area is 244 Å². The van der Waals surface area contributed by atoms with Crippen LogP contribution in [0.15, 0.2) is 78.0 Å². The van der Waals surface area contributed by atoms with Crippen LogP contribution in [0.1, 0.15) is 43.7 Å². The number of hydrogen-bond acceptors (Lipinski definition) is 6. The monoisotopic (exact) mass is 567 g/mol. The molecule has 42 heavy (non-hydrogen) atoms. The molecule has 2 saturated heterocycles. The Kier molecular flexibility index (Phi) is 6.82. The summed E-state index contributed by atoms with van der Waals surface area (Å²) in [4.78, 5) is 36.2. The Bertz CT molecular complexity index is 1630. The summed E-state index contributed by atoms with van der Waals surface area (Å²) in [6, 6.07) is 19.8. The number of carbonyl (C=O) groups excluding carboxylic acids is 1. The second kappa shape index (κ2) is 10.7. The van der Waals surface area contributed by atoms with Gasteiger partial charge in [0.15, 0.2) is 5.65 Å². The number of nitrogens with one attached hydrogen (secondary N) is 1. The minimum atomic E-state index is -1.13. The first kappa shape index (κ1) is 26.9. The summed E-state index contributed by atoms with van der Waals surface area (Å²) >= 11 is 0. The van der Waals surface area contributed by atoms with Crippen LogP contribution in [0.3, 0.4) is 0 Å². The molecule has 4 heterocycles. The second-order valence-corrected chi connectivity index (χ2v) is 12.1. The van der Waals surface area contributed by atoms with E-state index in [4.69, 9.17) is 0 Å². The minimum absolute atomic E-state index is 0.0269. The zero-order valence-electron chi connectivity index (χ0n) is 23.7. The molecule has 2 aromatic heterocycles. The first-order valence-electron chi connectivity index (χ1n) is 15.0. The van der Waals surface area contributed by atoms with Gasteiger partial charge < -0.3 is 20.2 Å². The number of rotatable bonds is 4. The predicted octanol–water partition coefficient (Wildman–Crippen LogP) is 3.35. The van der Waals surface area contributed by atoms with Crippen molar-refractivity contribution >= 4 is 17.1 Å². The van der Waals surface area contributed by atoms with Crippen LogP contribution in [-0.4, -0.2) is 78.6 Å². The Morgan fingerprint density at radius 2 is 1.74 bits per heavy atom. The van der Waals surface area contributed by atoms with Crippen LogP contribution in [0.5, 0.6) is 0 Å². The van der Waals surface area contributed by atoms with E-state index < -0.39 is 11.0 Å². The molecule has 2 aromatic carbocycles. The molecule has 10 nitrogen and oxygen atoms in total. The number of nitrogens with zero attached hydrogens (tertiary/aromatic N) is 6. The predicted molar refractivity (Wildman–Crippen MR) is 159 cm³/mol. The molecular formula is C32H37N7O3. The zero-order chi connectivity index (χ0) is 28.7. The van der Waals surface area contributed by atoms with Gasteiger partial charge >= 0.3 is 6.03 Å². The van der Waals surface area contributed by atoms with E-state index in [1.54, 1.807) is 15.4 Å². The zero-order valence-corrected chi connectivity index (χ0v) is 23.7. The van der Waals surface area contributed by atoms with E-state index in [0.717, 1.165) is 50.0 Å². The third-order valence-corrected chi connectivity index (χ3v) is 9.77. The van der Waals surface area contributed by atoms with Gasteiger partial charge in [0.05, 0.1) is 30.1 Å². The lowest BCUT2D eigenvalue weighted by Crippen LogP contribution is -2.64. The highest BCUT2D eigenvalue weighted by molar-refractivity contribution is 5.76. The van der Waals surface area contributed by atoms with Gasteiger partial charge in [-0.1, -0.05) is 61.4 Å². The van der Waals surface area contributed by atoms with Crippen molar-refractivity contribution in [2.75, 3.05) is 32.7 Å². The van der Waals surface area contributed by atoms with Crippen molar-refractivity contribution in [1.29, 1.82) is 0 Å². The molecule has 2 aliphatic heterocycles. The topological polar surface area (TPSA) is 109 Å². The average molecular weight is 568 g/mol. The third kappa shape index (κ3) is 4.49. The van der Waals surface area contributed by atoms with Gasteiger partial charge in [0, 0.05) is 38.1 Å². The normalized spacial score (nSPS) is 24.0. The number of para-hydroxylation sites is 1. The fourth-order valence-corrected chi connectivity index (χ4v) is 7.45. The number of aliphatic hydroxyl groups is 1. The van der Waals surface area contributed by atoms with Crippen molar-refractivity contribution in [1.82, 2.24) is 34.4 Å². The van der Waals surface area contributed by atoms with E-state index in [1.807, 2.05) is 58.3 Å².